The third-order valence-corrected chi connectivity index (χ3v) is 3.02. The Bertz CT molecular complexity index is 393. The highest BCUT2D eigenvalue weighted by molar-refractivity contribution is 5.85. The van der Waals surface area contributed by atoms with Crippen molar-refractivity contribution in [2.45, 2.75) is 26.7 Å². The van der Waals surface area contributed by atoms with Gasteiger partial charge in [0.1, 0.15) is 12.4 Å². The van der Waals surface area contributed by atoms with Gasteiger partial charge < -0.3 is 15.8 Å². The Morgan fingerprint density at radius 2 is 1.85 bits per heavy atom. The van der Waals surface area contributed by atoms with Gasteiger partial charge in [-0.05, 0) is 23.6 Å². The zero-order valence-electron chi connectivity index (χ0n) is 12.4. The zero-order valence-corrected chi connectivity index (χ0v) is 13.2. The van der Waals surface area contributed by atoms with Gasteiger partial charge in [-0.25, -0.2) is 0 Å². The molecule has 1 aromatic carbocycles. The maximum atomic E-state index is 11.5. The van der Waals surface area contributed by atoms with Crippen molar-refractivity contribution in [1.82, 2.24) is 5.32 Å². The maximum absolute atomic E-state index is 11.5. The average Bonchev–Trinajstić information content (AvgIpc) is 2.42. The fraction of sp³-hybridized carbons (Fsp3) is 0.533. The summed E-state index contributed by atoms with van der Waals surface area (Å²) in [6, 6.07) is 8.05. The number of rotatable bonds is 7. The van der Waals surface area contributed by atoms with Crippen LogP contribution >= 0.6 is 12.4 Å². The van der Waals surface area contributed by atoms with Crippen molar-refractivity contribution in [3.05, 3.63) is 29.8 Å². The molecule has 1 rings (SSSR count). The van der Waals surface area contributed by atoms with E-state index in [9.17, 15) is 4.79 Å². The number of nitrogens with one attached hydrogen (secondary N) is 1. The van der Waals surface area contributed by atoms with Gasteiger partial charge >= 0.3 is 0 Å². The summed E-state index contributed by atoms with van der Waals surface area (Å²) in [5.41, 5.74) is 6.70. The molecule has 0 aliphatic carbocycles. The molecule has 20 heavy (non-hydrogen) atoms. The van der Waals surface area contributed by atoms with Crippen LogP contribution in [0.2, 0.25) is 0 Å². The molecule has 1 aromatic rings. The monoisotopic (exact) mass is 300 g/mol. The molecule has 0 radical (unpaired) electrons. The summed E-state index contributed by atoms with van der Waals surface area (Å²) in [5.74, 6) is 1.17. The number of benzene rings is 1. The first-order valence-electron chi connectivity index (χ1n) is 6.75. The normalized spacial score (nSPS) is 11.7. The smallest absolute Gasteiger partial charge is 0.224 e. The van der Waals surface area contributed by atoms with Gasteiger partial charge in [0, 0.05) is 12.5 Å². The fourth-order valence-corrected chi connectivity index (χ4v) is 1.57. The number of amides is 1. The molecule has 3 N–H and O–H groups in total. The van der Waals surface area contributed by atoms with Crippen LogP contribution in [-0.4, -0.2) is 25.6 Å². The van der Waals surface area contributed by atoms with Crippen LogP contribution in [-0.2, 0) is 4.79 Å². The Hall–Kier alpha value is -1.26. The van der Waals surface area contributed by atoms with E-state index in [2.05, 4.69) is 31.3 Å². The summed E-state index contributed by atoms with van der Waals surface area (Å²) in [7, 11) is 0. The lowest BCUT2D eigenvalue weighted by molar-refractivity contribution is -0.124. The Labute approximate surface area is 127 Å². The average molecular weight is 301 g/mol. The minimum absolute atomic E-state index is 0. The number of hydrogen-bond acceptors (Lipinski definition) is 3. The van der Waals surface area contributed by atoms with Gasteiger partial charge in [-0.15, -0.1) is 12.4 Å². The molecule has 0 bridgehead atoms. The van der Waals surface area contributed by atoms with E-state index in [4.69, 9.17) is 10.5 Å². The van der Waals surface area contributed by atoms with Crippen LogP contribution < -0.4 is 15.8 Å². The lowest BCUT2D eigenvalue weighted by Gasteiger charge is -2.11. The summed E-state index contributed by atoms with van der Waals surface area (Å²) in [6.45, 7) is 7.44. The van der Waals surface area contributed by atoms with Crippen LogP contribution in [0.4, 0.5) is 0 Å². The van der Waals surface area contributed by atoms with Crippen molar-refractivity contribution < 1.29 is 9.53 Å². The largest absolute Gasteiger partial charge is 0.492 e. The molecule has 0 saturated heterocycles. The molecule has 0 aliphatic rings. The Kier molecular flexibility index (Phi) is 9.01. The van der Waals surface area contributed by atoms with E-state index in [0.29, 0.717) is 25.6 Å². The van der Waals surface area contributed by atoms with Gasteiger partial charge in [-0.1, -0.05) is 32.9 Å². The van der Waals surface area contributed by atoms with Gasteiger partial charge in [-0.3, -0.25) is 4.79 Å². The number of nitrogens with two attached hydrogens (primary N) is 1. The number of ether oxygens (including phenoxy) is 1. The molecule has 4 nitrogen and oxygen atoms in total. The summed E-state index contributed by atoms with van der Waals surface area (Å²) in [5, 5.41) is 2.79. The van der Waals surface area contributed by atoms with Crippen LogP contribution in [0, 0.1) is 5.92 Å². The summed E-state index contributed by atoms with van der Waals surface area (Å²) < 4.78 is 5.56. The van der Waals surface area contributed by atoms with Gasteiger partial charge in [0.2, 0.25) is 5.91 Å². The molecule has 5 heteroatoms. The van der Waals surface area contributed by atoms with Crippen molar-refractivity contribution in [2.24, 2.45) is 11.7 Å². The van der Waals surface area contributed by atoms with Crippen molar-refractivity contribution >= 4 is 18.3 Å². The molecule has 0 heterocycles. The zero-order chi connectivity index (χ0) is 14.3. The minimum Gasteiger partial charge on any atom is -0.492 e. The Morgan fingerprint density at radius 1 is 1.25 bits per heavy atom. The number of hydrogen-bond donors (Lipinski definition) is 2. The highest BCUT2D eigenvalue weighted by Gasteiger charge is 2.09. The minimum atomic E-state index is -0.148. The van der Waals surface area contributed by atoms with Gasteiger partial charge in [0.05, 0.1) is 6.54 Å². The summed E-state index contributed by atoms with van der Waals surface area (Å²) in [4.78, 5) is 11.5. The Morgan fingerprint density at radius 3 is 2.35 bits per heavy atom. The molecule has 0 aliphatic heterocycles. The van der Waals surface area contributed by atoms with Crippen molar-refractivity contribution in [3.63, 3.8) is 0 Å². The highest BCUT2D eigenvalue weighted by Crippen LogP contribution is 2.18. The standard InChI is InChI=1S/C15H24N2O2.ClH/c1-11(2)13-4-6-14(7-5-13)19-9-8-17-15(18)12(3)10-16;/h4-7,11-12H,8-10,16H2,1-3H3,(H,17,18);1H. The van der Waals surface area contributed by atoms with Crippen LogP contribution in [0.5, 0.6) is 5.75 Å². The molecule has 1 amide bonds. The molecular formula is C15H25ClN2O2. The predicted octanol–water partition coefficient (Wildman–Crippen LogP) is 2.32. The second-order valence-electron chi connectivity index (χ2n) is 5.00. The summed E-state index contributed by atoms with van der Waals surface area (Å²) >= 11 is 0. The van der Waals surface area contributed by atoms with E-state index in [0.717, 1.165) is 5.75 Å². The lowest BCUT2D eigenvalue weighted by Crippen LogP contribution is -2.35. The second-order valence-corrected chi connectivity index (χ2v) is 5.00. The first kappa shape index (κ1) is 18.7. The second kappa shape index (κ2) is 9.61. The van der Waals surface area contributed by atoms with Crippen LogP contribution in [0.3, 0.4) is 0 Å². The third-order valence-electron chi connectivity index (χ3n) is 3.02. The molecule has 0 spiro atoms. The number of carbonyl (C=O) groups excluding carboxylic acids is 1. The maximum Gasteiger partial charge on any atom is 0.224 e. The van der Waals surface area contributed by atoms with Crippen LogP contribution in [0.25, 0.3) is 0 Å². The van der Waals surface area contributed by atoms with E-state index in [1.807, 2.05) is 12.1 Å². The topological polar surface area (TPSA) is 64.4 Å². The fourth-order valence-electron chi connectivity index (χ4n) is 1.57. The molecular weight excluding hydrogens is 276 g/mol. The third kappa shape index (κ3) is 6.26. The Balaban J connectivity index is 0.00000361. The predicted molar refractivity (Wildman–Crippen MR) is 84.5 cm³/mol. The van der Waals surface area contributed by atoms with Crippen molar-refractivity contribution in [3.8, 4) is 5.75 Å². The van der Waals surface area contributed by atoms with Crippen LogP contribution in [0.15, 0.2) is 24.3 Å². The quantitative estimate of drug-likeness (QED) is 0.760. The van der Waals surface area contributed by atoms with Crippen molar-refractivity contribution in [2.75, 3.05) is 19.7 Å². The molecule has 114 valence electrons. The highest BCUT2D eigenvalue weighted by atomic mass is 35.5. The first-order chi connectivity index (χ1) is 9.04. The molecule has 1 unspecified atom stereocenters. The number of carbonyl (C=O) groups is 1. The summed E-state index contributed by atoms with van der Waals surface area (Å²) in [6.07, 6.45) is 0. The number of halogens is 1. The van der Waals surface area contributed by atoms with Gasteiger partial charge in [0.25, 0.3) is 0 Å². The molecule has 1 atom stereocenters. The molecule has 0 saturated carbocycles. The molecule has 0 fully saturated rings. The van der Waals surface area contributed by atoms with E-state index in [-0.39, 0.29) is 24.2 Å². The van der Waals surface area contributed by atoms with Crippen molar-refractivity contribution in [1.29, 1.82) is 0 Å². The van der Waals surface area contributed by atoms with E-state index in [1.165, 1.54) is 5.56 Å². The van der Waals surface area contributed by atoms with E-state index < -0.39 is 0 Å². The molecule has 0 aromatic heterocycles. The van der Waals surface area contributed by atoms with Gasteiger partial charge in [0.15, 0.2) is 0 Å². The first-order valence-corrected chi connectivity index (χ1v) is 6.75. The SMILES string of the molecule is CC(CN)C(=O)NCCOc1ccc(C(C)C)cc1.Cl. The van der Waals surface area contributed by atoms with E-state index in [1.54, 1.807) is 6.92 Å². The lowest BCUT2D eigenvalue weighted by atomic mass is 10.0. The van der Waals surface area contributed by atoms with E-state index >= 15 is 0 Å². The van der Waals surface area contributed by atoms with Gasteiger partial charge in [-0.2, -0.15) is 0 Å². The van der Waals surface area contributed by atoms with Crippen LogP contribution in [0.1, 0.15) is 32.3 Å².